The van der Waals surface area contributed by atoms with Gasteiger partial charge in [0, 0.05) is 0 Å². The molecule has 0 aromatic heterocycles. The molecule has 9 heteroatoms. The van der Waals surface area contributed by atoms with Gasteiger partial charge in [0.05, 0.1) is 31.0 Å². The van der Waals surface area contributed by atoms with Gasteiger partial charge in [0.15, 0.2) is 6.29 Å². The van der Waals surface area contributed by atoms with Crippen molar-refractivity contribution in [3.05, 3.63) is 23.8 Å². The van der Waals surface area contributed by atoms with Crippen molar-refractivity contribution in [1.82, 2.24) is 0 Å². The average molecular weight is 637 g/mol. The third-order valence-electron chi connectivity index (χ3n) is 14.2. The molecule has 16 atom stereocenters. The summed E-state index contributed by atoms with van der Waals surface area (Å²) in [4.78, 5) is 0. The first-order valence-electron chi connectivity index (χ1n) is 17.2. The lowest BCUT2D eigenvalue weighted by Crippen LogP contribution is -2.70. The second kappa shape index (κ2) is 12.2. The molecule has 258 valence electrons. The molecule has 45 heavy (non-hydrogen) atoms. The van der Waals surface area contributed by atoms with E-state index < -0.39 is 67.1 Å². The summed E-state index contributed by atoms with van der Waals surface area (Å²) in [5.74, 6) is 0.210. The predicted octanol–water partition coefficient (Wildman–Crippen LogP) is 3.07. The van der Waals surface area contributed by atoms with Crippen LogP contribution in [0.25, 0.3) is 0 Å². The lowest BCUT2D eigenvalue weighted by molar-refractivity contribution is -0.346. The van der Waals surface area contributed by atoms with Crippen LogP contribution < -0.4 is 0 Å². The highest BCUT2D eigenvalue weighted by molar-refractivity contribution is 5.24. The maximum absolute atomic E-state index is 12.0. The Balaban J connectivity index is 1.54. The van der Waals surface area contributed by atoms with Crippen LogP contribution in [0.3, 0.4) is 0 Å². The van der Waals surface area contributed by atoms with Crippen LogP contribution in [0.1, 0.15) is 93.4 Å². The summed E-state index contributed by atoms with van der Waals surface area (Å²) in [6.45, 7) is 18.4. The number of ether oxygens (including phenoxy) is 2. The van der Waals surface area contributed by atoms with E-state index in [-0.39, 0.29) is 39.9 Å². The Morgan fingerprint density at radius 2 is 1.62 bits per heavy atom. The van der Waals surface area contributed by atoms with Gasteiger partial charge in [-0.25, -0.2) is 0 Å². The van der Waals surface area contributed by atoms with Gasteiger partial charge in [-0.15, -0.1) is 0 Å². The highest BCUT2D eigenvalue weighted by Gasteiger charge is 2.72. The third kappa shape index (κ3) is 5.41. The number of aliphatic hydroxyl groups is 7. The summed E-state index contributed by atoms with van der Waals surface area (Å²) in [6.07, 6.45) is -1.78. The topological polar surface area (TPSA) is 160 Å². The Kier molecular flexibility index (Phi) is 9.62. The molecule has 3 unspecified atom stereocenters. The molecule has 5 fully saturated rings. The van der Waals surface area contributed by atoms with E-state index in [1.54, 1.807) is 0 Å². The van der Waals surface area contributed by atoms with Crippen LogP contribution in [0.5, 0.6) is 0 Å². The Labute approximate surface area is 269 Å². The minimum Gasteiger partial charge on any atom is -0.394 e. The summed E-state index contributed by atoms with van der Waals surface area (Å²) < 4.78 is 12.6. The Morgan fingerprint density at radius 1 is 0.956 bits per heavy atom. The Morgan fingerprint density at radius 3 is 2.24 bits per heavy atom. The molecule has 0 spiro atoms. The number of allylic oxidation sites excluding steroid dienone is 1. The van der Waals surface area contributed by atoms with Crippen LogP contribution in [-0.4, -0.2) is 97.5 Å². The minimum atomic E-state index is -1.54. The van der Waals surface area contributed by atoms with Gasteiger partial charge in [0.25, 0.3) is 0 Å². The van der Waals surface area contributed by atoms with E-state index >= 15 is 0 Å². The fourth-order valence-corrected chi connectivity index (χ4v) is 11.5. The van der Waals surface area contributed by atoms with Gasteiger partial charge in [-0.2, -0.15) is 0 Å². The van der Waals surface area contributed by atoms with Crippen molar-refractivity contribution in [2.75, 3.05) is 6.61 Å². The molecule has 0 radical (unpaired) electrons. The van der Waals surface area contributed by atoms with E-state index in [1.807, 2.05) is 6.92 Å². The van der Waals surface area contributed by atoms with Gasteiger partial charge in [-0.05, 0) is 104 Å². The summed E-state index contributed by atoms with van der Waals surface area (Å²) in [7, 11) is 0. The fraction of sp³-hybridized carbons (Fsp3) is 0.889. The molecule has 7 N–H and O–H groups in total. The molecule has 4 saturated carbocycles. The predicted molar refractivity (Wildman–Crippen MR) is 170 cm³/mol. The first-order chi connectivity index (χ1) is 20.8. The van der Waals surface area contributed by atoms with Crippen LogP contribution in [0.15, 0.2) is 23.8 Å². The maximum Gasteiger partial charge on any atom is 0.186 e. The van der Waals surface area contributed by atoms with Crippen molar-refractivity contribution >= 4 is 0 Å². The number of hydrogen-bond donors (Lipinski definition) is 7. The molecule has 0 aromatic rings. The molecular formula is C36H60O9. The summed E-state index contributed by atoms with van der Waals surface area (Å²) >= 11 is 0. The molecular weight excluding hydrogens is 576 g/mol. The van der Waals surface area contributed by atoms with E-state index in [0.29, 0.717) is 25.7 Å². The fourth-order valence-electron chi connectivity index (χ4n) is 11.5. The van der Waals surface area contributed by atoms with Crippen LogP contribution in [-0.2, 0) is 9.47 Å². The van der Waals surface area contributed by atoms with Crippen molar-refractivity contribution in [3.8, 4) is 0 Å². The molecule has 9 nitrogen and oxygen atoms in total. The van der Waals surface area contributed by atoms with Crippen molar-refractivity contribution in [2.45, 2.75) is 149 Å². The largest absolute Gasteiger partial charge is 0.394 e. The molecule has 5 rings (SSSR count). The average Bonchev–Trinajstić information content (AvgIpc) is 3.35. The van der Waals surface area contributed by atoms with Gasteiger partial charge in [-0.3, -0.25) is 0 Å². The van der Waals surface area contributed by atoms with E-state index in [0.717, 1.165) is 24.8 Å². The second-order valence-electron chi connectivity index (χ2n) is 16.8. The van der Waals surface area contributed by atoms with Crippen molar-refractivity contribution < 1.29 is 45.2 Å². The second-order valence-corrected chi connectivity index (χ2v) is 16.8. The molecule has 5 aliphatic rings. The molecule has 0 bridgehead atoms. The number of fused-ring (bicyclic) bond motifs is 5. The number of aliphatic hydroxyl groups excluding tert-OH is 7. The van der Waals surface area contributed by atoms with Crippen LogP contribution in [0, 0.1) is 45.3 Å². The van der Waals surface area contributed by atoms with Crippen LogP contribution in [0.2, 0.25) is 0 Å². The highest BCUT2D eigenvalue weighted by atomic mass is 16.7. The number of rotatable bonds is 7. The maximum atomic E-state index is 12.0. The zero-order chi connectivity index (χ0) is 33.4. The molecule has 0 amide bonds. The zero-order valence-electron chi connectivity index (χ0n) is 28.4. The molecule has 1 heterocycles. The van der Waals surface area contributed by atoms with Gasteiger partial charge >= 0.3 is 0 Å². The standard InChI is InChI=1S/C36H60O9/c1-18(2)21(38)10-9-19(3)20-11-14-35(7)27(20)22(39)15-25-34(6)13-12-26(40)33(4,5)31(34)23(16-36(25,35)8)44-32-30(43)29(42)28(41)24(17-37)45-32/h9,20-32,37-43H,1,10-17H2,2-8H3/b19-9+/t20-,21?,22-,23+,24-,25-,26+,27?,28-,29+,30-,31?,32-,34-,35-,36-/m1/s1. The first-order valence-corrected chi connectivity index (χ1v) is 17.2. The van der Waals surface area contributed by atoms with Crippen LogP contribution in [0.4, 0.5) is 0 Å². The summed E-state index contributed by atoms with van der Waals surface area (Å²) in [6, 6.07) is 0. The minimum absolute atomic E-state index is 0.0206. The summed E-state index contributed by atoms with van der Waals surface area (Å²) in [5.41, 5.74) is 0.564. The lowest BCUT2D eigenvalue weighted by atomic mass is 9.34. The van der Waals surface area contributed by atoms with E-state index in [4.69, 9.17) is 9.47 Å². The Bertz CT molecular complexity index is 1140. The molecule has 1 saturated heterocycles. The summed E-state index contributed by atoms with van der Waals surface area (Å²) in [5, 5.41) is 75.6. The van der Waals surface area contributed by atoms with Crippen molar-refractivity contribution in [3.63, 3.8) is 0 Å². The van der Waals surface area contributed by atoms with Crippen molar-refractivity contribution in [1.29, 1.82) is 0 Å². The van der Waals surface area contributed by atoms with Crippen molar-refractivity contribution in [2.24, 2.45) is 45.3 Å². The van der Waals surface area contributed by atoms with E-state index in [9.17, 15) is 35.7 Å². The molecule has 1 aliphatic heterocycles. The number of hydrogen-bond acceptors (Lipinski definition) is 9. The highest BCUT2D eigenvalue weighted by Crippen LogP contribution is 2.76. The van der Waals surface area contributed by atoms with E-state index in [1.165, 1.54) is 5.57 Å². The first kappa shape index (κ1) is 35.4. The normalized spacial score (nSPS) is 52.0. The zero-order valence-corrected chi connectivity index (χ0v) is 28.4. The monoisotopic (exact) mass is 636 g/mol. The van der Waals surface area contributed by atoms with Gasteiger partial charge in [0.2, 0.25) is 0 Å². The van der Waals surface area contributed by atoms with Gasteiger partial charge in [0.1, 0.15) is 24.4 Å². The lowest BCUT2D eigenvalue weighted by Gasteiger charge is -2.72. The molecule has 4 aliphatic carbocycles. The quantitative estimate of drug-likeness (QED) is 0.165. The molecule has 0 aromatic carbocycles. The van der Waals surface area contributed by atoms with Gasteiger partial charge in [-0.1, -0.05) is 58.4 Å². The smallest absolute Gasteiger partial charge is 0.186 e. The van der Waals surface area contributed by atoms with E-state index in [2.05, 4.69) is 54.2 Å². The third-order valence-corrected chi connectivity index (χ3v) is 14.2. The van der Waals surface area contributed by atoms with Crippen LogP contribution >= 0.6 is 0 Å². The SMILES string of the molecule is C=C(C)C(O)C/C=C(\C)[C@H]1CC[C@]2(C)C1[C@H](O)C[C@@H]1[C@@]3(C)CC[C@H](O)C(C)(C)C3[C@@H](O[C@@H]3O[C@H](CO)[C@@H](O)[C@H](O)[C@H]3O)C[C@]12C. The van der Waals surface area contributed by atoms with Gasteiger partial charge < -0.3 is 45.2 Å². The Hall–Kier alpha value is -0.880.